The molecule has 8 rings (SSSR count). The summed E-state index contributed by atoms with van der Waals surface area (Å²) in [5.74, 6) is 0. The molecule has 0 saturated carbocycles. The average molecular weight is 502 g/mol. The number of hydrogen-bond donors (Lipinski definition) is 0. The average Bonchev–Trinajstić information content (AvgIpc) is 3.36. The van der Waals surface area contributed by atoms with E-state index >= 15 is 0 Å². The van der Waals surface area contributed by atoms with E-state index in [0.29, 0.717) is 6.61 Å². The Balaban J connectivity index is 1.46. The zero-order valence-electron chi connectivity index (χ0n) is 22.1. The minimum Gasteiger partial charge on any atom is -0.404 e. The Morgan fingerprint density at radius 3 is 1.59 bits per heavy atom. The van der Waals surface area contributed by atoms with Gasteiger partial charge in [-0.15, -0.1) is 0 Å². The monoisotopic (exact) mass is 502 g/mol. The molecule has 186 valence electrons. The minimum atomic E-state index is -0.333. The molecule has 1 aliphatic heterocycles. The van der Waals surface area contributed by atoms with Crippen molar-refractivity contribution in [3.05, 3.63) is 115 Å². The van der Waals surface area contributed by atoms with Gasteiger partial charge in [-0.25, -0.2) is 0 Å². The van der Waals surface area contributed by atoms with Gasteiger partial charge in [-0.1, -0.05) is 109 Å². The SMILES string of the molecule is CC1(C)COB(c2cccc(-c3ccc4c5ccccc5c5c6ccccc6c6ccccc6c5c4c3)c2)O1. The molecule has 0 unspecified atom stereocenters. The van der Waals surface area contributed by atoms with Gasteiger partial charge < -0.3 is 9.31 Å². The first-order valence-electron chi connectivity index (χ1n) is 13.6. The maximum Gasteiger partial charge on any atom is 0.494 e. The van der Waals surface area contributed by atoms with Gasteiger partial charge in [0.05, 0.1) is 12.2 Å². The second kappa shape index (κ2) is 8.41. The van der Waals surface area contributed by atoms with Crippen molar-refractivity contribution in [3.63, 3.8) is 0 Å². The lowest BCUT2D eigenvalue weighted by Gasteiger charge is -2.17. The highest BCUT2D eigenvalue weighted by atomic mass is 16.7. The molecule has 0 spiro atoms. The summed E-state index contributed by atoms with van der Waals surface area (Å²) in [6.45, 7) is 4.74. The van der Waals surface area contributed by atoms with E-state index < -0.39 is 0 Å². The van der Waals surface area contributed by atoms with E-state index in [1.807, 2.05) is 0 Å². The van der Waals surface area contributed by atoms with Crippen molar-refractivity contribution in [1.29, 1.82) is 0 Å². The zero-order chi connectivity index (χ0) is 26.1. The Morgan fingerprint density at radius 2 is 1.03 bits per heavy atom. The Hall–Kier alpha value is -4.18. The van der Waals surface area contributed by atoms with Crippen LogP contribution in [0, 0.1) is 0 Å². The first kappa shape index (κ1) is 22.8. The topological polar surface area (TPSA) is 18.5 Å². The fourth-order valence-corrected chi connectivity index (χ4v) is 6.47. The van der Waals surface area contributed by atoms with Crippen molar-refractivity contribution >= 4 is 66.4 Å². The Morgan fingerprint density at radius 1 is 0.513 bits per heavy atom. The summed E-state index contributed by atoms with van der Waals surface area (Å²) < 4.78 is 12.2. The highest BCUT2D eigenvalue weighted by molar-refractivity contribution is 6.62. The highest BCUT2D eigenvalue weighted by Crippen LogP contribution is 2.44. The molecule has 0 N–H and O–H groups in total. The molecule has 1 heterocycles. The van der Waals surface area contributed by atoms with Gasteiger partial charge in [-0.2, -0.15) is 0 Å². The highest BCUT2D eigenvalue weighted by Gasteiger charge is 2.38. The largest absolute Gasteiger partial charge is 0.494 e. The summed E-state index contributed by atoms with van der Waals surface area (Å²) in [5, 5.41) is 13.0. The molecule has 1 fully saturated rings. The van der Waals surface area contributed by atoms with E-state index in [0.717, 1.165) is 11.0 Å². The molecule has 0 bridgehead atoms. The summed E-state index contributed by atoms with van der Waals surface area (Å²) in [6, 6.07) is 42.1. The van der Waals surface area contributed by atoms with Crippen molar-refractivity contribution in [3.8, 4) is 11.1 Å². The van der Waals surface area contributed by atoms with Crippen LogP contribution in [-0.2, 0) is 9.31 Å². The summed E-state index contributed by atoms with van der Waals surface area (Å²) in [6.07, 6.45) is 0. The van der Waals surface area contributed by atoms with Crippen molar-refractivity contribution in [2.75, 3.05) is 6.61 Å². The fourth-order valence-electron chi connectivity index (χ4n) is 6.47. The zero-order valence-corrected chi connectivity index (χ0v) is 22.1. The van der Waals surface area contributed by atoms with Gasteiger partial charge >= 0.3 is 7.12 Å². The fraction of sp³-hybridized carbons (Fsp3) is 0.111. The van der Waals surface area contributed by atoms with Gasteiger partial charge in [0.15, 0.2) is 0 Å². The summed E-state index contributed by atoms with van der Waals surface area (Å²) in [4.78, 5) is 0. The van der Waals surface area contributed by atoms with Gasteiger partial charge in [0.25, 0.3) is 0 Å². The van der Waals surface area contributed by atoms with Crippen molar-refractivity contribution in [2.24, 2.45) is 0 Å². The molecule has 39 heavy (non-hydrogen) atoms. The summed E-state index contributed by atoms with van der Waals surface area (Å²) >= 11 is 0. The van der Waals surface area contributed by atoms with E-state index in [-0.39, 0.29) is 12.7 Å². The molecule has 2 nitrogen and oxygen atoms in total. The molecule has 3 heteroatoms. The molecule has 0 atom stereocenters. The first-order chi connectivity index (χ1) is 19.1. The number of rotatable bonds is 2. The second-order valence-corrected chi connectivity index (χ2v) is 11.3. The smallest absolute Gasteiger partial charge is 0.404 e. The Bertz CT molecular complexity index is 2080. The van der Waals surface area contributed by atoms with Crippen LogP contribution >= 0.6 is 0 Å². The van der Waals surface area contributed by atoms with Crippen molar-refractivity contribution < 1.29 is 9.31 Å². The van der Waals surface area contributed by atoms with Crippen LogP contribution < -0.4 is 5.46 Å². The third-order valence-corrected chi connectivity index (χ3v) is 8.21. The minimum absolute atomic E-state index is 0.270. The molecular formula is C36H27BO2. The van der Waals surface area contributed by atoms with Gasteiger partial charge in [0, 0.05) is 0 Å². The second-order valence-electron chi connectivity index (χ2n) is 11.3. The number of benzene rings is 7. The quantitative estimate of drug-likeness (QED) is 0.174. The van der Waals surface area contributed by atoms with Gasteiger partial charge in [-0.05, 0) is 90.4 Å². The lowest BCUT2D eigenvalue weighted by molar-refractivity contribution is 0.137. The maximum absolute atomic E-state index is 6.17. The van der Waals surface area contributed by atoms with Crippen molar-refractivity contribution in [2.45, 2.75) is 19.4 Å². The maximum atomic E-state index is 6.17. The van der Waals surface area contributed by atoms with Crippen LogP contribution in [0.4, 0.5) is 0 Å². The van der Waals surface area contributed by atoms with E-state index in [1.165, 1.54) is 59.4 Å². The standard InChI is InChI=1S/C36H27BO2/c1-36(2)22-38-37(39-36)25-11-9-10-23(20-25)24-18-19-29-28-14-5-7-16-31(28)34-30-15-6-3-12-26(30)27-13-4-8-17-32(27)35(34)33(29)21-24/h3-21H,22H2,1-2H3. The third kappa shape index (κ3) is 3.51. The molecule has 0 aromatic heterocycles. The predicted molar refractivity (Wildman–Crippen MR) is 166 cm³/mol. The molecule has 7 aromatic carbocycles. The molecule has 1 saturated heterocycles. The summed E-state index contributed by atoms with van der Waals surface area (Å²) in [7, 11) is -0.333. The van der Waals surface area contributed by atoms with Crippen LogP contribution in [0.2, 0.25) is 0 Å². The number of hydrogen-bond acceptors (Lipinski definition) is 2. The predicted octanol–water partition coefficient (Wildman–Crippen LogP) is 8.64. The van der Waals surface area contributed by atoms with E-state index in [4.69, 9.17) is 9.31 Å². The third-order valence-electron chi connectivity index (χ3n) is 8.21. The number of fused-ring (bicyclic) bond motifs is 11. The van der Waals surface area contributed by atoms with E-state index in [2.05, 4.69) is 129 Å². The van der Waals surface area contributed by atoms with Gasteiger partial charge in [0.2, 0.25) is 0 Å². The molecule has 0 radical (unpaired) electrons. The van der Waals surface area contributed by atoms with E-state index in [9.17, 15) is 0 Å². The molecule has 7 aromatic rings. The Kier molecular flexibility index (Phi) is 4.91. The van der Waals surface area contributed by atoms with Crippen molar-refractivity contribution in [1.82, 2.24) is 0 Å². The van der Waals surface area contributed by atoms with E-state index in [1.54, 1.807) is 0 Å². The summed E-state index contributed by atoms with van der Waals surface area (Å²) in [5.41, 5.74) is 3.14. The molecule has 1 aliphatic rings. The van der Waals surface area contributed by atoms with Crippen LogP contribution in [-0.4, -0.2) is 19.3 Å². The van der Waals surface area contributed by atoms with Crippen LogP contribution in [0.1, 0.15) is 13.8 Å². The van der Waals surface area contributed by atoms with Crippen LogP contribution in [0.5, 0.6) is 0 Å². The van der Waals surface area contributed by atoms with Crippen LogP contribution in [0.3, 0.4) is 0 Å². The molecule has 0 amide bonds. The lowest BCUT2D eigenvalue weighted by atomic mass is 9.78. The van der Waals surface area contributed by atoms with Gasteiger partial charge in [0.1, 0.15) is 0 Å². The molecular weight excluding hydrogens is 475 g/mol. The Labute approximate surface area is 227 Å². The van der Waals surface area contributed by atoms with Crippen LogP contribution in [0.25, 0.3) is 65.0 Å². The first-order valence-corrected chi connectivity index (χ1v) is 13.6. The van der Waals surface area contributed by atoms with Gasteiger partial charge in [-0.3, -0.25) is 0 Å². The lowest BCUT2D eigenvalue weighted by Crippen LogP contribution is -2.34. The normalized spacial score (nSPS) is 15.3. The molecule has 0 aliphatic carbocycles. The van der Waals surface area contributed by atoms with Crippen LogP contribution in [0.15, 0.2) is 115 Å².